The number of benzene rings is 3. The zero-order chi connectivity index (χ0) is 21.8. The number of carbonyl (C=O) groups excluding carboxylic acids is 2. The molecule has 6 nitrogen and oxygen atoms in total. The Labute approximate surface area is 183 Å². The molecule has 2 N–H and O–H groups in total. The fourth-order valence-electron chi connectivity index (χ4n) is 2.72. The van der Waals surface area contributed by atoms with Gasteiger partial charge in [0.2, 0.25) is 11.0 Å². The first-order valence-corrected chi connectivity index (χ1v) is 10.8. The molecule has 156 valence electrons. The van der Waals surface area contributed by atoms with Gasteiger partial charge in [0.25, 0.3) is 5.91 Å². The summed E-state index contributed by atoms with van der Waals surface area (Å²) >= 11 is 2.21. The molecule has 4 rings (SSSR count). The monoisotopic (exact) mass is 456 g/mol. The molecule has 0 bridgehead atoms. The average Bonchev–Trinajstić information content (AvgIpc) is 3.21. The molecule has 3 aromatic carbocycles. The van der Waals surface area contributed by atoms with E-state index in [1.54, 1.807) is 12.1 Å². The van der Waals surface area contributed by atoms with Gasteiger partial charge >= 0.3 is 0 Å². The Hall–Kier alpha value is -3.37. The maximum absolute atomic E-state index is 13.6. The Bertz CT molecular complexity index is 1280. The summed E-state index contributed by atoms with van der Waals surface area (Å²) in [6, 6.07) is 16.0. The van der Waals surface area contributed by atoms with E-state index in [2.05, 4.69) is 20.8 Å². The molecule has 4 aromatic rings. The Balaban J connectivity index is 1.33. The van der Waals surface area contributed by atoms with Gasteiger partial charge in [-0.05, 0) is 35.0 Å². The van der Waals surface area contributed by atoms with Crippen LogP contribution in [0.2, 0.25) is 0 Å². The third-order valence-electron chi connectivity index (χ3n) is 4.17. The first-order valence-electron chi connectivity index (χ1n) is 8.99. The molecule has 31 heavy (non-hydrogen) atoms. The van der Waals surface area contributed by atoms with Gasteiger partial charge in [-0.2, -0.15) is 0 Å². The number of nitrogens with zero attached hydrogens (tertiary/aromatic N) is 2. The number of thioether (sulfide) groups is 1. The van der Waals surface area contributed by atoms with Crippen LogP contribution in [0.3, 0.4) is 0 Å². The molecular weight excluding hydrogens is 442 g/mol. The van der Waals surface area contributed by atoms with Crippen molar-refractivity contribution in [3.8, 4) is 0 Å². The quantitative estimate of drug-likeness (QED) is 0.317. The van der Waals surface area contributed by atoms with Crippen LogP contribution in [0.25, 0.3) is 10.8 Å². The standard InChI is InChI=1S/C21H14F2N4O2S2/c22-15-7-8-17(16(23)10-15)24-18(28)11-30-21-27-26-20(31-21)25-19(29)14-6-5-12-3-1-2-4-13(12)9-14/h1-10H,11H2,(H,24,28)(H,25,26,29). The fourth-order valence-corrected chi connectivity index (χ4v) is 4.27. The Morgan fingerprint density at radius 1 is 0.935 bits per heavy atom. The molecule has 0 unspecified atom stereocenters. The lowest BCUT2D eigenvalue weighted by atomic mass is 10.1. The van der Waals surface area contributed by atoms with Crippen LogP contribution >= 0.6 is 23.1 Å². The van der Waals surface area contributed by atoms with Gasteiger partial charge in [-0.25, -0.2) is 8.78 Å². The van der Waals surface area contributed by atoms with Crippen LogP contribution in [0.1, 0.15) is 10.4 Å². The summed E-state index contributed by atoms with van der Waals surface area (Å²) in [6.07, 6.45) is 0. The Morgan fingerprint density at radius 3 is 2.55 bits per heavy atom. The van der Waals surface area contributed by atoms with Crippen LogP contribution in [0, 0.1) is 11.6 Å². The lowest BCUT2D eigenvalue weighted by Gasteiger charge is -2.05. The Morgan fingerprint density at radius 2 is 1.74 bits per heavy atom. The summed E-state index contributed by atoms with van der Waals surface area (Å²) in [5.74, 6) is -2.43. The van der Waals surface area contributed by atoms with Crippen LogP contribution in [-0.4, -0.2) is 27.8 Å². The van der Waals surface area contributed by atoms with E-state index in [1.165, 1.54) is 0 Å². The van der Waals surface area contributed by atoms with Crippen molar-refractivity contribution in [3.05, 3.63) is 77.9 Å². The molecule has 0 aliphatic heterocycles. The highest BCUT2D eigenvalue weighted by Gasteiger charge is 2.13. The Kier molecular flexibility index (Phi) is 6.19. The fraction of sp³-hybridized carbons (Fsp3) is 0.0476. The van der Waals surface area contributed by atoms with Crippen LogP contribution in [-0.2, 0) is 4.79 Å². The number of fused-ring (bicyclic) bond motifs is 1. The maximum atomic E-state index is 13.6. The number of halogens is 2. The topological polar surface area (TPSA) is 84.0 Å². The smallest absolute Gasteiger partial charge is 0.257 e. The number of rotatable bonds is 6. The van der Waals surface area contributed by atoms with Crippen molar-refractivity contribution in [1.82, 2.24) is 10.2 Å². The maximum Gasteiger partial charge on any atom is 0.257 e. The predicted octanol–water partition coefficient (Wildman–Crippen LogP) is 4.95. The highest BCUT2D eigenvalue weighted by Crippen LogP contribution is 2.26. The number of amides is 2. The summed E-state index contributed by atoms with van der Waals surface area (Å²) in [4.78, 5) is 24.5. The van der Waals surface area contributed by atoms with Crippen molar-refractivity contribution in [2.75, 3.05) is 16.4 Å². The molecule has 0 atom stereocenters. The van der Waals surface area contributed by atoms with Gasteiger partial charge in [0.15, 0.2) is 4.34 Å². The van der Waals surface area contributed by atoms with Crippen LogP contribution in [0.15, 0.2) is 65.0 Å². The number of aromatic nitrogens is 2. The summed E-state index contributed by atoms with van der Waals surface area (Å²) in [7, 11) is 0. The minimum atomic E-state index is -0.854. The molecule has 0 saturated carbocycles. The predicted molar refractivity (Wildman–Crippen MR) is 118 cm³/mol. The van der Waals surface area contributed by atoms with Gasteiger partial charge in [-0.3, -0.25) is 14.9 Å². The zero-order valence-electron chi connectivity index (χ0n) is 15.8. The van der Waals surface area contributed by atoms with Crippen molar-refractivity contribution in [2.45, 2.75) is 4.34 Å². The van der Waals surface area contributed by atoms with Crippen LogP contribution in [0.5, 0.6) is 0 Å². The van der Waals surface area contributed by atoms with Gasteiger partial charge in [0, 0.05) is 11.6 Å². The summed E-state index contributed by atoms with van der Waals surface area (Å²) < 4.78 is 27.0. The van der Waals surface area contributed by atoms with Gasteiger partial charge in [-0.15, -0.1) is 10.2 Å². The molecule has 2 amide bonds. The van der Waals surface area contributed by atoms with Crippen molar-refractivity contribution in [1.29, 1.82) is 0 Å². The van der Waals surface area contributed by atoms with Crippen molar-refractivity contribution in [3.63, 3.8) is 0 Å². The van der Waals surface area contributed by atoms with Crippen LogP contribution < -0.4 is 10.6 Å². The molecule has 0 radical (unpaired) electrons. The number of nitrogens with one attached hydrogen (secondary N) is 2. The van der Waals surface area contributed by atoms with Crippen molar-refractivity contribution >= 4 is 56.5 Å². The van der Waals surface area contributed by atoms with E-state index in [0.717, 1.165) is 46.0 Å². The number of hydrogen-bond donors (Lipinski definition) is 2. The third-order valence-corrected chi connectivity index (χ3v) is 6.14. The summed E-state index contributed by atoms with van der Waals surface area (Å²) in [5, 5.41) is 15.2. The molecule has 0 aliphatic rings. The molecule has 0 spiro atoms. The van der Waals surface area contributed by atoms with Gasteiger partial charge in [0.1, 0.15) is 11.6 Å². The van der Waals surface area contributed by atoms with E-state index < -0.39 is 17.5 Å². The minimum absolute atomic E-state index is 0.0515. The lowest BCUT2D eigenvalue weighted by molar-refractivity contribution is -0.113. The first-order chi connectivity index (χ1) is 15.0. The summed E-state index contributed by atoms with van der Waals surface area (Å²) in [5.41, 5.74) is 0.386. The van der Waals surface area contributed by atoms with Crippen molar-refractivity contribution < 1.29 is 18.4 Å². The van der Waals surface area contributed by atoms with E-state index in [-0.39, 0.29) is 17.3 Å². The molecule has 10 heteroatoms. The normalized spacial score (nSPS) is 10.8. The van der Waals surface area contributed by atoms with E-state index >= 15 is 0 Å². The zero-order valence-corrected chi connectivity index (χ0v) is 17.4. The molecule has 1 heterocycles. The van der Waals surface area contributed by atoms with Crippen LogP contribution in [0.4, 0.5) is 19.6 Å². The average molecular weight is 456 g/mol. The first kappa shape index (κ1) is 20.9. The lowest BCUT2D eigenvalue weighted by Crippen LogP contribution is -2.15. The molecule has 0 aliphatic carbocycles. The van der Waals surface area contributed by atoms with Gasteiger partial charge in [0.05, 0.1) is 11.4 Å². The number of anilines is 2. The summed E-state index contributed by atoms with van der Waals surface area (Å²) in [6.45, 7) is 0. The van der Waals surface area contributed by atoms with Gasteiger partial charge < -0.3 is 5.32 Å². The molecule has 0 fully saturated rings. The molecule has 0 saturated heterocycles. The largest absolute Gasteiger partial charge is 0.323 e. The number of hydrogen-bond acceptors (Lipinski definition) is 6. The molecular formula is C21H14F2N4O2S2. The van der Waals surface area contributed by atoms with E-state index in [4.69, 9.17) is 0 Å². The second-order valence-corrected chi connectivity index (χ2v) is 8.55. The van der Waals surface area contributed by atoms with E-state index in [9.17, 15) is 18.4 Å². The molecule has 1 aromatic heterocycles. The van der Waals surface area contributed by atoms with E-state index in [1.807, 2.05) is 30.3 Å². The highest BCUT2D eigenvalue weighted by molar-refractivity contribution is 8.01. The van der Waals surface area contributed by atoms with Crippen molar-refractivity contribution in [2.24, 2.45) is 0 Å². The highest BCUT2D eigenvalue weighted by atomic mass is 32.2. The third kappa shape index (κ3) is 5.22. The minimum Gasteiger partial charge on any atom is -0.323 e. The van der Waals surface area contributed by atoms with Gasteiger partial charge in [-0.1, -0.05) is 53.4 Å². The number of carbonyl (C=O) groups is 2. The second-order valence-electron chi connectivity index (χ2n) is 6.35. The SMILES string of the molecule is O=C(CSc1nnc(NC(=O)c2ccc3ccccc3c2)s1)Nc1ccc(F)cc1F. The second kappa shape index (κ2) is 9.19. The van der Waals surface area contributed by atoms with E-state index in [0.29, 0.717) is 21.1 Å².